The van der Waals surface area contributed by atoms with Crippen LogP contribution in [0.4, 0.5) is 0 Å². The van der Waals surface area contributed by atoms with Crippen LogP contribution < -0.4 is 0 Å². The predicted molar refractivity (Wildman–Crippen MR) is 103 cm³/mol. The molecule has 2 fully saturated rings. The summed E-state index contributed by atoms with van der Waals surface area (Å²) in [5, 5.41) is 10.3. The number of aromatic nitrogens is 1. The number of aliphatic hydroxyl groups is 1. The van der Waals surface area contributed by atoms with Crippen LogP contribution in [0.25, 0.3) is 10.9 Å². The van der Waals surface area contributed by atoms with Crippen molar-refractivity contribution in [3.8, 4) is 0 Å². The lowest BCUT2D eigenvalue weighted by Crippen LogP contribution is -2.55. The fourth-order valence-electron chi connectivity index (χ4n) is 4.71. The Morgan fingerprint density at radius 3 is 3.00 bits per heavy atom. The maximum Gasteiger partial charge on any atom is 0.222 e. The van der Waals surface area contributed by atoms with Gasteiger partial charge in [-0.25, -0.2) is 0 Å². The second-order valence-corrected chi connectivity index (χ2v) is 7.81. The van der Waals surface area contributed by atoms with Gasteiger partial charge in [0.15, 0.2) is 0 Å². The molecule has 1 aromatic carbocycles. The summed E-state index contributed by atoms with van der Waals surface area (Å²) in [7, 11) is 0. The van der Waals surface area contributed by atoms with Crippen LogP contribution in [0.2, 0.25) is 0 Å². The van der Waals surface area contributed by atoms with Crippen LogP contribution in [0.15, 0.2) is 30.5 Å². The first-order chi connectivity index (χ1) is 12.7. The molecule has 3 heterocycles. The number of carbonyl (C=O) groups is 1. The molecule has 2 N–H and O–H groups in total. The number of benzene rings is 1. The van der Waals surface area contributed by atoms with Crippen molar-refractivity contribution in [2.45, 2.75) is 44.7 Å². The molecule has 5 heteroatoms. The third kappa shape index (κ3) is 3.64. The second-order valence-electron chi connectivity index (χ2n) is 7.81. The fraction of sp³-hybridized carbons (Fsp3) is 0.571. The summed E-state index contributed by atoms with van der Waals surface area (Å²) in [5.41, 5.74) is 2.55. The Hall–Kier alpha value is -1.85. The summed E-state index contributed by atoms with van der Waals surface area (Å²) in [6.45, 7) is 4.15. The molecule has 0 aliphatic carbocycles. The minimum Gasteiger partial charge on any atom is -0.396 e. The number of fused-ring (bicyclic) bond motifs is 2. The molecule has 0 unspecified atom stereocenters. The number of hydrogen-bond donors (Lipinski definition) is 2. The zero-order valence-electron chi connectivity index (χ0n) is 15.4. The Morgan fingerprint density at radius 1 is 1.19 bits per heavy atom. The topological polar surface area (TPSA) is 59.6 Å². The van der Waals surface area contributed by atoms with E-state index in [9.17, 15) is 4.79 Å². The van der Waals surface area contributed by atoms with Crippen molar-refractivity contribution in [3.63, 3.8) is 0 Å². The normalized spacial score (nSPS) is 24.2. The number of aromatic amines is 1. The Balaban J connectivity index is 1.38. The predicted octanol–water partition coefficient (Wildman–Crippen LogP) is 2.75. The highest BCUT2D eigenvalue weighted by Crippen LogP contribution is 2.32. The van der Waals surface area contributed by atoms with E-state index in [1.54, 1.807) is 0 Å². The molecule has 5 nitrogen and oxygen atoms in total. The number of piperidine rings is 2. The van der Waals surface area contributed by atoms with Gasteiger partial charge in [0.25, 0.3) is 0 Å². The number of rotatable bonds is 6. The van der Waals surface area contributed by atoms with Crippen molar-refractivity contribution in [2.75, 3.05) is 26.2 Å². The van der Waals surface area contributed by atoms with E-state index in [-0.39, 0.29) is 6.61 Å². The summed E-state index contributed by atoms with van der Waals surface area (Å²) in [4.78, 5) is 20.3. The average molecular weight is 355 g/mol. The van der Waals surface area contributed by atoms with E-state index in [1.807, 2.05) is 6.20 Å². The van der Waals surface area contributed by atoms with E-state index >= 15 is 0 Å². The third-order valence-electron chi connectivity index (χ3n) is 6.06. The largest absolute Gasteiger partial charge is 0.396 e. The highest BCUT2D eigenvalue weighted by Gasteiger charge is 2.38. The lowest BCUT2D eigenvalue weighted by molar-refractivity contribution is -0.141. The maximum atomic E-state index is 12.4. The molecule has 0 bridgehead atoms. The van der Waals surface area contributed by atoms with Crippen molar-refractivity contribution in [2.24, 2.45) is 5.92 Å². The summed E-state index contributed by atoms with van der Waals surface area (Å²) < 4.78 is 0. The minimum atomic E-state index is 0.218. The van der Waals surface area contributed by atoms with Gasteiger partial charge in [-0.3, -0.25) is 9.69 Å². The lowest BCUT2D eigenvalue weighted by Gasteiger charge is -2.47. The van der Waals surface area contributed by atoms with Gasteiger partial charge in [-0.15, -0.1) is 0 Å². The molecule has 2 atom stereocenters. The lowest BCUT2D eigenvalue weighted by atomic mass is 9.83. The van der Waals surface area contributed by atoms with Crippen molar-refractivity contribution < 1.29 is 9.90 Å². The van der Waals surface area contributed by atoms with Gasteiger partial charge in [-0.1, -0.05) is 6.07 Å². The molecule has 0 saturated carbocycles. The molecule has 2 aliphatic heterocycles. The number of amides is 1. The Bertz CT molecular complexity index is 757. The molecule has 26 heavy (non-hydrogen) atoms. The van der Waals surface area contributed by atoms with Crippen molar-refractivity contribution in [3.05, 3.63) is 36.0 Å². The second kappa shape index (κ2) is 7.80. The molecule has 2 aromatic rings. The monoisotopic (exact) mass is 355 g/mol. The zero-order valence-corrected chi connectivity index (χ0v) is 15.4. The number of unbranched alkanes of at least 4 members (excludes halogenated alkanes) is 1. The highest BCUT2D eigenvalue weighted by molar-refractivity contribution is 5.80. The SMILES string of the molecule is O=C1CC[C@H]2CN(Cc3ccc4[nH]ccc4c3)CC[C@H]2N1CCCCO. The van der Waals surface area contributed by atoms with E-state index < -0.39 is 0 Å². The standard InChI is InChI=1S/C21H29N3O2/c25-12-2-1-10-24-20-8-11-23(15-18(20)4-6-21(24)26)14-16-3-5-19-17(13-16)7-9-22-19/h3,5,7,9,13,18,20,22,25H,1-2,4,6,8,10-12,14-15H2/t18-,20+/m0/s1. The Kier molecular flexibility index (Phi) is 5.27. The number of likely N-dealkylation sites (tertiary alicyclic amines) is 2. The molecule has 2 aliphatic rings. The molecule has 4 rings (SSSR count). The van der Waals surface area contributed by atoms with Crippen LogP contribution in [0, 0.1) is 5.92 Å². The number of H-pyrrole nitrogens is 1. The van der Waals surface area contributed by atoms with Gasteiger partial charge in [0, 0.05) is 57.0 Å². The first kappa shape index (κ1) is 17.6. The maximum absolute atomic E-state index is 12.4. The van der Waals surface area contributed by atoms with E-state index in [0.717, 1.165) is 51.9 Å². The molecule has 0 spiro atoms. The molecule has 0 radical (unpaired) electrons. The van der Waals surface area contributed by atoms with Gasteiger partial charge >= 0.3 is 0 Å². The van der Waals surface area contributed by atoms with Crippen molar-refractivity contribution in [1.82, 2.24) is 14.8 Å². The van der Waals surface area contributed by atoms with Crippen LogP contribution in [-0.4, -0.2) is 58.1 Å². The highest BCUT2D eigenvalue weighted by atomic mass is 16.3. The van der Waals surface area contributed by atoms with Crippen LogP contribution in [0.3, 0.4) is 0 Å². The number of carbonyl (C=O) groups excluding carboxylic acids is 1. The molecule has 1 amide bonds. The number of hydrogen-bond acceptors (Lipinski definition) is 3. The quantitative estimate of drug-likeness (QED) is 0.784. The van der Waals surface area contributed by atoms with Gasteiger partial charge in [0.1, 0.15) is 0 Å². The van der Waals surface area contributed by atoms with Crippen molar-refractivity contribution >= 4 is 16.8 Å². The van der Waals surface area contributed by atoms with Crippen LogP contribution in [-0.2, 0) is 11.3 Å². The number of nitrogens with one attached hydrogen (secondary N) is 1. The minimum absolute atomic E-state index is 0.218. The van der Waals surface area contributed by atoms with Gasteiger partial charge in [-0.2, -0.15) is 0 Å². The first-order valence-corrected chi connectivity index (χ1v) is 9.93. The van der Waals surface area contributed by atoms with E-state index in [2.05, 4.69) is 39.0 Å². The third-order valence-corrected chi connectivity index (χ3v) is 6.06. The van der Waals surface area contributed by atoms with Gasteiger partial charge in [0.2, 0.25) is 5.91 Å². The van der Waals surface area contributed by atoms with Crippen LogP contribution in [0.1, 0.15) is 37.7 Å². The van der Waals surface area contributed by atoms with E-state index in [1.165, 1.54) is 16.5 Å². The van der Waals surface area contributed by atoms with E-state index in [4.69, 9.17) is 5.11 Å². The molecular formula is C21H29N3O2. The summed E-state index contributed by atoms with van der Waals surface area (Å²) >= 11 is 0. The first-order valence-electron chi connectivity index (χ1n) is 9.93. The van der Waals surface area contributed by atoms with Gasteiger partial charge < -0.3 is 15.0 Å². The Labute approximate surface area is 155 Å². The smallest absolute Gasteiger partial charge is 0.222 e. The zero-order chi connectivity index (χ0) is 17.9. The van der Waals surface area contributed by atoms with E-state index in [0.29, 0.717) is 24.3 Å². The summed E-state index contributed by atoms with van der Waals surface area (Å²) in [5.74, 6) is 0.905. The van der Waals surface area contributed by atoms with Crippen LogP contribution in [0.5, 0.6) is 0 Å². The van der Waals surface area contributed by atoms with Gasteiger partial charge in [0.05, 0.1) is 0 Å². The number of nitrogens with zero attached hydrogens (tertiary/aromatic N) is 2. The van der Waals surface area contributed by atoms with Crippen LogP contribution >= 0.6 is 0 Å². The average Bonchev–Trinajstić information content (AvgIpc) is 3.11. The molecular weight excluding hydrogens is 326 g/mol. The molecule has 140 valence electrons. The Morgan fingerprint density at radius 2 is 2.12 bits per heavy atom. The van der Waals surface area contributed by atoms with Crippen molar-refractivity contribution in [1.29, 1.82) is 0 Å². The molecule has 2 saturated heterocycles. The number of aliphatic hydroxyl groups excluding tert-OH is 1. The fourth-order valence-corrected chi connectivity index (χ4v) is 4.71. The van der Waals surface area contributed by atoms with Gasteiger partial charge in [-0.05, 0) is 60.7 Å². The summed E-state index contributed by atoms with van der Waals surface area (Å²) in [6.07, 6.45) is 6.46. The molecule has 1 aromatic heterocycles. The summed E-state index contributed by atoms with van der Waals surface area (Å²) in [6, 6.07) is 9.19.